The van der Waals surface area contributed by atoms with Crippen LogP contribution in [-0.4, -0.2) is 64.7 Å². The van der Waals surface area contributed by atoms with Crippen molar-refractivity contribution in [3.05, 3.63) is 18.0 Å². The Bertz CT molecular complexity index is 711. The van der Waals surface area contributed by atoms with Crippen LogP contribution in [0.2, 0.25) is 0 Å². The maximum atomic E-state index is 12.6. The predicted molar refractivity (Wildman–Crippen MR) is 95.5 cm³/mol. The molecule has 7 nitrogen and oxygen atoms in total. The Balaban J connectivity index is 1.62. The molecule has 1 aromatic rings. The van der Waals surface area contributed by atoms with Gasteiger partial charge in [-0.1, -0.05) is 6.42 Å². The molecular weight excluding hydrogens is 340 g/mol. The lowest BCUT2D eigenvalue weighted by Crippen LogP contribution is -2.50. The Morgan fingerprint density at radius 2 is 1.88 bits per heavy atom. The fraction of sp³-hybridized carbons (Fsp3) is 0.765. The third-order valence-corrected chi connectivity index (χ3v) is 6.70. The molecule has 1 unspecified atom stereocenters. The summed E-state index contributed by atoms with van der Waals surface area (Å²) in [7, 11) is -1.37. The van der Waals surface area contributed by atoms with Crippen LogP contribution in [0.15, 0.2) is 12.4 Å². The maximum absolute atomic E-state index is 12.6. The first kappa shape index (κ1) is 18.4. The largest absolute Gasteiger partial charge is 0.342 e. The van der Waals surface area contributed by atoms with Crippen molar-refractivity contribution >= 4 is 15.9 Å². The smallest absolute Gasteiger partial charge is 0.227 e. The second-order valence-electron chi connectivity index (χ2n) is 7.34. The average Bonchev–Trinajstić information content (AvgIpc) is 2.74. The van der Waals surface area contributed by atoms with Crippen LogP contribution in [-0.2, 0) is 28.3 Å². The van der Waals surface area contributed by atoms with Crippen LogP contribution in [0.3, 0.4) is 0 Å². The molecule has 25 heavy (non-hydrogen) atoms. The molecule has 1 aliphatic heterocycles. The van der Waals surface area contributed by atoms with Crippen LogP contribution >= 0.6 is 0 Å². The molecule has 1 aromatic heterocycles. The van der Waals surface area contributed by atoms with Gasteiger partial charge in [0.1, 0.15) is 0 Å². The van der Waals surface area contributed by atoms with Gasteiger partial charge in [-0.2, -0.15) is 9.40 Å². The first-order valence-electron chi connectivity index (χ1n) is 9.08. The van der Waals surface area contributed by atoms with Crippen LogP contribution in [0.1, 0.15) is 44.1 Å². The van der Waals surface area contributed by atoms with Gasteiger partial charge >= 0.3 is 0 Å². The van der Waals surface area contributed by atoms with Crippen LogP contribution in [0, 0.1) is 0 Å². The number of aromatic nitrogens is 2. The number of amides is 1. The van der Waals surface area contributed by atoms with E-state index in [1.165, 1.54) is 6.26 Å². The summed E-state index contributed by atoms with van der Waals surface area (Å²) in [4.78, 5) is 14.4. The molecule has 1 amide bonds. The van der Waals surface area contributed by atoms with Gasteiger partial charge < -0.3 is 4.90 Å². The highest BCUT2D eigenvalue weighted by Crippen LogP contribution is 2.32. The van der Waals surface area contributed by atoms with Crippen molar-refractivity contribution in [1.82, 2.24) is 19.0 Å². The molecule has 0 bridgehead atoms. The molecule has 1 aliphatic carbocycles. The number of hydrogen-bond donors (Lipinski definition) is 0. The van der Waals surface area contributed by atoms with Gasteiger partial charge in [0.2, 0.25) is 15.9 Å². The quantitative estimate of drug-likeness (QED) is 0.781. The van der Waals surface area contributed by atoms with Crippen molar-refractivity contribution in [2.45, 2.75) is 57.0 Å². The van der Waals surface area contributed by atoms with E-state index in [1.807, 2.05) is 18.1 Å². The zero-order valence-corrected chi connectivity index (χ0v) is 15.9. The fourth-order valence-corrected chi connectivity index (χ4v) is 5.42. The van der Waals surface area contributed by atoms with E-state index >= 15 is 0 Å². The van der Waals surface area contributed by atoms with E-state index < -0.39 is 10.0 Å². The summed E-state index contributed by atoms with van der Waals surface area (Å²) in [5, 5.41) is 4.10. The van der Waals surface area contributed by atoms with E-state index in [4.69, 9.17) is 0 Å². The number of carbonyl (C=O) groups excluding carboxylic acids is 1. The Morgan fingerprint density at radius 1 is 1.20 bits per heavy atom. The molecule has 0 spiro atoms. The lowest BCUT2D eigenvalue weighted by atomic mass is 9.91. The number of likely N-dealkylation sites (tertiary alicyclic amines) is 1. The number of hydrogen-bond acceptors (Lipinski definition) is 4. The number of sulfonamides is 1. The third kappa shape index (κ3) is 4.41. The van der Waals surface area contributed by atoms with Crippen LogP contribution in [0.5, 0.6) is 0 Å². The SMILES string of the molecule is Cn1cc(CC(=O)N2CCCC(N(C3CCC3)S(C)(=O)=O)CC2)cn1. The minimum Gasteiger partial charge on any atom is -0.342 e. The Labute approximate surface area is 150 Å². The van der Waals surface area contributed by atoms with Gasteiger partial charge in [0.05, 0.1) is 18.9 Å². The van der Waals surface area contributed by atoms with Crippen LogP contribution < -0.4 is 0 Å². The van der Waals surface area contributed by atoms with Crippen molar-refractivity contribution in [2.75, 3.05) is 19.3 Å². The van der Waals surface area contributed by atoms with Crippen LogP contribution in [0.4, 0.5) is 0 Å². The van der Waals surface area contributed by atoms with Crippen molar-refractivity contribution in [3.8, 4) is 0 Å². The van der Waals surface area contributed by atoms with E-state index in [0.29, 0.717) is 19.5 Å². The second-order valence-corrected chi connectivity index (χ2v) is 9.23. The minimum atomic E-state index is -3.21. The van der Waals surface area contributed by atoms with Gasteiger partial charge in [0.15, 0.2) is 0 Å². The Hall–Kier alpha value is -1.41. The van der Waals surface area contributed by atoms with Gasteiger partial charge in [-0.15, -0.1) is 0 Å². The second kappa shape index (κ2) is 7.45. The number of nitrogens with zero attached hydrogens (tertiary/aromatic N) is 4. The molecule has 0 aromatic carbocycles. The third-order valence-electron chi connectivity index (χ3n) is 5.34. The summed E-state index contributed by atoms with van der Waals surface area (Å²) in [5.41, 5.74) is 0.917. The summed E-state index contributed by atoms with van der Waals surface area (Å²) in [6.07, 6.45) is 10.7. The molecule has 1 atom stereocenters. The van der Waals surface area contributed by atoms with Gasteiger partial charge in [-0.3, -0.25) is 9.48 Å². The number of carbonyl (C=O) groups is 1. The van der Waals surface area contributed by atoms with Gasteiger partial charge in [0, 0.05) is 38.4 Å². The Kier molecular flexibility index (Phi) is 5.48. The van der Waals surface area contributed by atoms with E-state index in [9.17, 15) is 13.2 Å². The highest BCUT2D eigenvalue weighted by Gasteiger charge is 2.37. The fourth-order valence-electron chi connectivity index (χ4n) is 3.91. The molecule has 3 rings (SSSR count). The van der Waals surface area contributed by atoms with Gasteiger partial charge in [-0.05, 0) is 37.7 Å². The molecule has 140 valence electrons. The highest BCUT2D eigenvalue weighted by molar-refractivity contribution is 7.88. The molecule has 2 aliphatic rings. The summed E-state index contributed by atoms with van der Waals surface area (Å²) < 4.78 is 28.0. The maximum Gasteiger partial charge on any atom is 0.227 e. The average molecular weight is 369 g/mol. The normalized spacial score (nSPS) is 22.7. The standard InChI is InChI=1S/C17H28N4O3S/c1-19-13-14(12-18-19)11-17(22)20-9-4-7-16(8-10-20)21(25(2,23)24)15-5-3-6-15/h12-13,15-16H,3-11H2,1-2H3. The first-order valence-corrected chi connectivity index (χ1v) is 10.9. The summed E-state index contributed by atoms with van der Waals surface area (Å²) >= 11 is 0. The molecule has 0 N–H and O–H groups in total. The zero-order chi connectivity index (χ0) is 18.0. The van der Waals surface area contributed by atoms with E-state index in [1.54, 1.807) is 15.2 Å². The minimum absolute atomic E-state index is 0.0245. The van der Waals surface area contributed by atoms with Crippen LogP contribution in [0.25, 0.3) is 0 Å². The molecule has 2 heterocycles. The summed E-state index contributed by atoms with van der Waals surface area (Å²) in [5.74, 6) is 0.100. The lowest BCUT2D eigenvalue weighted by molar-refractivity contribution is -0.130. The molecular formula is C17H28N4O3S. The lowest BCUT2D eigenvalue weighted by Gasteiger charge is -2.40. The predicted octanol–water partition coefficient (Wildman–Crippen LogP) is 1.16. The first-order chi connectivity index (χ1) is 11.8. The van der Waals surface area contributed by atoms with Gasteiger partial charge in [0.25, 0.3) is 0 Å². The topological polar surface area (TPSA) is 75.5 Å². The monoisotopic (exact) mass is 368 g/mol. The molecule has 1 saturated carbocycles. The van der Waals surface area contributed by atoms with E-state index in [0.717, 1.165) is 44.1 Å². The molecule has 1 saturated heterocycles. The molecule has 2 fully saturated rings. The summed E-state index contributed by atoms with van der Waals surface area (Å²) in [6.45, 7) is 1.33. The molecule has 0 radical (unpaired) electrons. The van der Waals surface area contributed by atoms with Crippen molar-refractivity contribution in [2.24, 2.45) is 7.05 Å². The van der Waals surface area contributed by atoms with Crippen molar-refractivity contribution in [3.63, 3.8) is 0 Å². The number of aryl methyl sites for hydroxylation is 1. The van der Waals surface area contributed by atoms with Crippen molar-refractivity contribution in [1.29, 1.82) is 0 Å². The Morgan fingerprint density at radius 3 is 2.44 bits per heavy atom. The molecule has 8 heteroatoms. The van der Waals surface area contributed by atoms with Crippen molar-refractivity contribution < 1.29 is 13.2 Å². The number of rotatable bonds is 5. The van der Waals surface area contributed by atoms with E-state index in [-0.39, 0.29) is 18.0 Å². The zero-order valence-electron chi connectivity index (χ0n) is 15.1. The van der Waals surface area contributed by atoms with E-state index in [2.05, 4.69) is 5.10 Å². The van der Waals surface area contributed by atoms with Gasteiger partial charge in [-0.25, -0.2) is 8.42 Å². The highest BCUT2D eigenvalue weighted by atomic mass is 32.2. The summed E-state index contributed by atoms with van der Waals surface area (Å²) in [6, 6.07) is 0.189.